The summed E-state index contributed by atoms with van der Waals surface area (Å²) in [5.74, 6) is 1.10. The molecule has 1 heterocycles. The van der Waals surface area contributed by atoms with Crippen molar-refractivity contribution in [1.82, 2.24) is 20.5 Å². The van der Waals surface area contributed by atoms with Crippen LogP contribution in [-0.2, 0) is 13.1 Å². The number of aromatic hydroxyl groups is 1. The molecule has 0 bridgehead atoms. The maximum atomic E-state index is 9.62. The Morgan fingerprint density at radius 1 is 1.38 bits per heavy atom. The van der Waals surface area contributed by atoms with Crippen molar-refractivity contribution < 1.29 is 5.11 Å². The van der Waals surface area contributed by atoms with Gasteiger partial charge in [0.25, 0.3) is 0 Å². The zero-order chi connectivity index (χ0) is 11.4. The van der Waals surface area contributed by atoms with Crippen molar-refractivity contribution in [2.75, 3.05) is 0 Å². The molecule has 0 aliphatic carbocycles. The van der Waals surface area contributed by atoms with Gasteiger partial charge in [-0.25, -0.2) is 4.98 Å². The minimum atomic E-state index is 0.315. The Hall–Kier alpha value is -1.88. The molecule has 0 fully saturated rings. The van der Waals surface area contributed by atoms with Crippen molar-refractivity contribution in [2.45, 2.75) is 20.0 Å². The van der Waals surface area contributed by atoms with Crippen LogP contribution in [0.1, 0.15) is 17.0 Å². The number of aryl methyl sites for hydroxylation is 1. The minimum absolute atomic E-state index is 0.315. The van der Waals surface area contributed by atoms with E-state index in [2.05, 4.69) is 20.5 Å². The van der Waals surface area contributed by atoms with E-state index in [-0.39, 0.29) is 0 Å². The summed E-state index contributed by atoms with van der Waals surface area (Å²) in [6, 6.07) is 5.55. The summed E-state index contributed by atoms with van der Waals surface area (Å²) < 4.78 is 0. The fourth-order valence-corrected chi connectivity index (χ4v) is 1.49. The van der Waals surface area contributed by atoms with Gasteiger partial charge in [0.05, 0.1) is 6.54 Å². The fraction of sp³-hybridized carbons (Fsp3) is 0.273. The summed E-state index contributed by atoms with van der Waals surface area (Å²) in [6.07, 6.45) is 1.47. The second kappa shape index (κ2) is 4.76. The number of H-pyrrole nitrogens is 1. The molecule has 0 saturated heterocycles. The number of hydrogen-bond acceptors (Lipinski definition) is 4. The van der Waals surface area contributed by atoms with Crippen molar-refractivity contribution in [3.05, 3.63) is 41.5 Å². The lowest BCUT2D eigenvalue weighted by molar-refractivity contribution is 0.464. The molecule has 0 radical (unpaired) electrons. The van der Waals surface area contributed by atoms with Crippen LogP contribution in [0.25, 0.3) is 0 Å². The normalized spacial score (nSPS) is 10.6. The number of phenols is 1. The SMILES string of the molecule is Cc1ccc(O)c(CNCc2ncn[nH]2)c1. The van der Waals surface area contributed by atoms with Gasteiger partial charge in [0.15, 0.2) is 0 Å². The summed E-state index contributed by atoms with van der Waals surface area (Å²) in [5, 5.41) is 19.3. The third kappa shape index (κ3) is 2.58. The summed E-state index contributed by atoms with van der Waals surface area (Å²) in [4.78, 5) is 4.00. The Balaban J connectivity index is 1.92. The Labute approximate surface area is 93.5 Å². The monoisotopic (exact) mass is 218 g/mol. The van der Waals surface area contributed by atoms with Gasteiger partial charge in [-0.05, 0) is 13.0 Å². The summed E-state index contributed by atoms with van der Waals surface area (Å²) in [6.45, 7) is 3.21. The highest BCUT2D eigenvalue weighted by Gasteiger charge is 2.01. The molecule has 2 rings (SSSR count). The average molecular weight is 218 g/mol. The van der Waals surface area contributed by atoms with Gasteiger partial charge in [-0.3, -0.25) is 5.10 Å². The maximum absolute atomic E-state index is 9.62. The van der Waals surface area contributed by atoms with Crippen LogP contribution in [-0.4, -0.2) is 20.3 Å². The number of phenolic OH excluding ortho intramolecular Hbond substituents is 1. The van der Waals surface area contributed by atoms with Crippen LogP contribution in [0.5, 0.6) is 5.75 Å². The zero-order valence-corrected chi connectivity index (χ0v) is 9.07. The molecule has 3 N–H and O–H groups in total. The third-order valence-corrected chi connectivity index (χ3v) is 2.31. The van der Waals surface area contributed by atoms with E-state index < -0.39 is 0 Å². The molecule has 16 heavy (non-hydrogen) atoms. The highest BCUT2D eigenvalue weighted by atomic mass is 16.3. The van der Waals surface area contributed by atoms with Crippen molar-refractivity contribution in [3.8, 4) is 5.75 Å². The number of nitrogens with zero attached hydrogens (tertiary/aromatic N) is 2. The number of aromatic amines is 1. The molecule has 0 spiro atoms. The van der Waals surface area contributed by atoms with E-state index in [9.17, 15) is 5.11 Å². The molecule has 0 unspecified atom stereocenters. The number of hydrogen-bond donors (Lipinski definition) is 3. The first-order chi connectivity index (χ1) is 7.75. The first kappa shape index (κ1) is 10.6. The number of benzene rings is 1. The predicted octanol–water partition coefficient (Wildman–Crippen LogP) is 1.11. The molecule has 0 saturated carbocycles. The van der Waals surface area contributed by atoms with E-state index in [1.165, 1.54) is 6.33 Å². The van der Waals surface area contributed by atoms with Gasteiger partial charge in [0.2, 0.25) is 0 Å². The van der Waals surface area contributed by atoms with Crippen molar-refractivity contribution in [1.29, 1.82) is 0 Å². The van der Waals surface area contributed by atoms with Crippen LogP contribution >= 0.6 is 0 Å². The summed E-state index contributed by atoms with van der Waals surface area (Å²) >= 11 is 0. The maximum Gasteiger partial charge on any atom is 0.138 e. The molecule has 1 aromatic carbocycles. The summed E-state index contributed by atoms with van der Waals surface area (Å²) in [7, 11) is 0. The number of rotatable bonds is 4. The van der Waals surface area contributed by atoms with Gasteiger partial charge in [-0.2, -0.15) is 5.10 Å². The van der Waals surface area contributed by atoms with Gasteiger partial charge in [-0.1, -0.05) is 17.7 Å². The molecule has 5 nitrogen and oxygen atoms in total. The highest BCUT2D eigenvalue weighted by Crippen LogP contribution is 2.17. The zero-order valence-electron chi connectivity index (χ0n) is 9.07. The number of aromatic nitrogens is 3. The van der Waals surface area contributed by atoms with Crippen LogP contribution in [0, 0.1) is 6.92 Å². The molecule has 0 atom stereocenters. The van der Waals surface area contributed by atoms with Crippen LogP contribution < -0.4 is 5.32 Å². The quantitative estimate of drug-likeness (QED) is 0.718. The Kier molecular flexibility index (Phi) is 3.16. The molecule has 84 valence electrons. The fourth-order valence-electron chi connectivity index (χ4n) is 1.49. The van der Waals surface area contributed by atoms with E-state index in [1.807, 2.05) is 19.1 Å². The minimum Gasteiger partial charge on any atom is -0.508 e. The molecular formula is C11H14N4O. The van der Waals surface area contributed by atoms with Gasteiger partial charge in [0.1, 0.15) is 17.9 Å². The Morgan fingerprint density at radius 2 is 2.25 bits per heavy atom. The lowest BCUT2D eigenvalue weighted by atomic mass is 10.1. The second-order valence-electron chi connectivity index (χ2n) is 3.67. The van der Waals surface area contributed by atoms with Crippen molar-refractivity contribution in [3.63, 3.8) is 0 Å². The van der Waals surface area contributed by atoms with Crippen LogP contribution in [0.4, 0.5) is 0 Å². The molecule has 0 aliphatic rings. The van der Waals surface area contributed by atoms with Gasteiger partial charge in [0, 0.05) is 12.1 Å². The lowest BCUT2D eigenvalue weighted by Crippen LogP contribution is -2.13. The van der Waals surface area contributed by atoms with Crippen LogP contribution in [0.3, 0.4) is 0 Å². The van der Waals surface area contributed by atoms with E-state index in [0.717, 1.165) is 17.0 Å². The average Bonchev–Trinajstić information content (AvgIpc) is 2.76. The molecular weight excluding hydrogens is 204 g/mol. The first-order valence-electron chi connectivity index (χ1n) is 5.09. The third-order valence-electron chi connectivity index (χ3n) is 2.31. The molecule has 0 amide bonds. The van der Waals surface area contributed by atoms with Gasteiger partial charge >= 0.3 is 0 Å². The lowest BCUT2D eigenvalue weighted by Gasteiger charge is -2.06. The first-order valence-corrected chi connectivity index (χ1v) is 5.09. The van der Waals surface area contributed by atoms with Crippen molar-refractivity contribution in [2.24, 2.45) is 0 Å². The molecule has 2 aromatic rings. The Morgan fingerprint density at radius 3 is 3.00 bits per heavy atom. The highest BCUT2D eigenvalue weighted by molar-refractivity contribution is 5.35. The van der Waals surface area contributed by atoms with Gasteiger partial charge in [-0.15, -0.1) is 0 Å². The van der Waals surface area contributed by atoms with E-state index in [4.69, 9.17) is 0 Å². The second-order valence-corrected chi connectivity index (χ2v) is 3.67. The van der Waals surface area contributed by atoms with Crippen LogP contribution in [0.2, 0.25) is 0 Å². The molecule has 5 heteroatoms. The standard InChI is InChI=1S/C11H14N4O/c1-8-2-3-10(16)9(4-8)5-12-6-11-13-7-14-15-11/h2-4,7,12,16H,5-6H2,1H3,(H,13,14,15). The summed E-state index contributed by atoms with van der Waals surface area (Å²) in [5.41, 5.74) is 2.02. The largest absolute Gasteiger partial charge is 0.508 e. The van der Waals surface area contributed by atoms with E-state index in [1.54, 1.807) is 6.07 Å². The smallest absolute Gasteiger partial charge is 0.138 e. The van der Waals surface area contributed by atoms with Gasteiger partial charge < -0.3 is 10.4 Å². The number of nitrogens with one attached hydrogen (secondary N) is 2. The van der Waals surface area contributed by atoms with Crippen LogP contribution in [0.15, 0.2) is 24.5 Å². The molecule has 1 aromatic heterocycles. The predicted molar refractivity (Wildman–Crippen MR) is 59.8 cm³/mol. The van der Waals surface area contributed by atoms with E-state index >= 15 is 0 Å². The molecule has 0 aliphatic heterocycles. The van der Waals surface area contributed by atoms with Crippen molar-refractivity contribution >= 4 is 0 Å². The topological polar surface area (TPSA) is 73.8 Å². The Bertz CT molecular complexity index is 453. The van der Waals surface area contributed by atoms with E-state index in [0.29, 0.717) is 18.8 Å².